The average molecular weight is 215 g/mol. The second kappa shape index (κ2) is 4.33. The van der Waals surface area contributed by atoms with Gasteiger partial charge in [-0.15, -0.1) is 0 Å². The standard InChI is InChI=1S/C13H13NO2/c1-9-5-4-6-10(12(9)15)13(16)11-7-2-3-8-14-11/h2-8,13,15-16H,1H3/t13-/m0/s1. The van der Waals surface area contributed by atoms with Crippen molar-refractivity contribution in [3.05, 3.63) is 59.4 Å². The molecule has 0 saturated heterocycles. The van der Waals surface area contributed by atoms with Crippen LogP contribution in [0.5, 0.6) is 5.75 Å². The van der Waals surface area contributed by atoms with Crippen LogP contribution in [0.4, 0.5) is 0 Å². The molecule has 2 aromatic rings. The highest BCUT2D eigenvalue weighted by atomic mass is 16.3. The number of aliphatic hydroxyl groups is 1. The van der Waals surface area contributed by atoms with Gasteiger partial charge in [-0.25, -0.2) is 0 Å². The van der Waals surface area contributed by atoms with Gasteiger partial charge in [0.25, 0.3) is 0 Å². The van der Waals surface area contributed by atoms with Crippen LogP contribution in [0.2, 0.25) is 0 Å². The van der Waals surface area contributed by atoms with Crippen molar-refractivity contribution in [1.82, 2.24) is 4.98 Å². The van der Waals surface area contributed by atoms with Crippen molar-refractivity contribution in [3.63, 3.8) is 0 Å². The Morgan fingerprint density at radius 2 is 1.94 bits per heavy atom. The molecular formula is C13H13NO2. The lowest BCUT2D eigenvalue weighted by Crippen LogP contribution is -2.02. The molecule has 0 bridgehead atoms. The molecule has 0 fully saturated rings. The maximum Gasteiger partial charge on any atom is 0.125 e. The van der Waals surface area contributed by atoms with Crippen molar-refractivity contribution in [2.75, 3.05) is 0 Å². The van der Waals surface area contributed by atoms with Gasteiger partial charge in [-0.2, -0.15) is 0 Å². The average Bonchev–Trinajstić information content (AvgIpc) is 2.33. The fourth-order valence-electron chi connectivity index (χ4n) is 1.60. The minimum Gasteiger partial charge on any atom is -0.507 e. The highest BCUT2D eigenvalue weighted by molar-refractivity contribution is 5.43. The lowest BCUT2D eigenvalue weighted by atomic mass is 10.0. The first-order valence-electron chi connectivity index (χ1n) is 5.07. The SMILES string of the molecule is Cc1cccc([C@H](O)c2ccccn2)c1O. The van der Waals surface area contributed by atoms with Crippen molar-refractivity contribution >= 4 is 0 Å². The smallest absolute Gasteiger partial charge is 0.125 e. The number of nitrogens with zero attached hydrogens (tertiary/aromatic N) is 1. The fourth-order valence-corrected chi connectivity index (χ4v) is 1.60. The van der Waals surface area contributed by atoms with Crippen molar-refractivity contribution in [2.24, 2.45) is 0 Å². The minimum absolute atomic E-state index is 0.126. The number of phenolic OH excluding ortho intramolecular Hbond substituents is 1. The van der Waals surface area contributed by atoms with E-state index in [0.717, 1.165) is 5.56 Å². The van der Waals surface area contributed by atoms with Crippen molar-refractivity contribution < 1.29 is 10.2 Å². The second-order valence-electron chi connectivity index (χ2n) is 3.67. The zero-order valence-corrected chi connectivity index (χ0v) is 8.96. The van der Waals surface area contributed by atoms with Crippen LogP contribution in [0.3, 0.4) is 0 Å². The third kappa shape index (κ3) is 1.90. The minimum atomic E-state index is -0.888. The fraction of sp³-hybridized carbons (Fsp3) is 0.154. The highest BCUT2D eigenvalue weighted by Crippen LogP contribution is 2.30. The zero-order valence-electron chi connectivity index (χ0n) is 8.96. The number of aliphatic hydroxyl groups excluding tert-OH is 1. The van der Waals surface area contributed by atoms with Crippen LogP contribution >= 0.6 is 0 Å². The number of benzene rings is 1. The lowest BCUT2D eigenvalue weighted by molar-refractivity contribution is 0.210. The highest BCUT2D eigenvalue weighted by Gasteiger charge is 2.16. The van der Waals surface area contributed by atoms with E-state index in [1.54, 1.807) is 49.5 Å². The topological polar surface area (TPSA) is 53.4 Å². The van der Waals surface area contributed by atoms with E-state index in [4.69, 9.17) is 0 Å². The van der Waals surface area contributed by atoms with Gasteiger partial charge in [0, 0.05) is 11.8 Å². The molecule has 3 heteroatoms. The summed E-state index contributed by atoms with van der Waals surface area (Å²) in [5.41, 5.74) is 1.76. The Balaban J connectivity index is 2.42. The molecule has 0 amide bonds. The maximum absolute atomic E-state index is 10.1. The Morgan fingerprint density at radius 1 is 1.12 bits per heavy atom. The molecule has 2 rings (SSSR count). The first kappa shape index (κ1) is 10.6. The molecule has 0 aliphatic heterocycles. The Kier molecular flexibility index (Phi) is 2.88. The molecule has 0 saturated carbocycles. The largest absolute Gasteiger partial charge is 0.507 e. The summed E-state index contributed by atoms with van der Waals surface area (Å²) in [5.74, 6) is 0.126. The van der Waals surface area contributed by atoms with Crippen LogP contribution in [-0.4, -0.2) is 15.2 Å². The predicted molar refractivity (Wildman–Crippen MR) is 61.1 cm³/mol. The van der Waals surface area contributed by atoms with E-state index in [0.29, 0.717) is 11.3 Å². The normalized spacial score (nSPS) is 12.4. The Bertz CT molecular complexity index is 483. The summed E-state index contributed by atoms with van der Waals surface area (Å²) in [6.45, 7) is 1.80. The van der Waals surface area contributed by atoms with E-state index in [-0.39, 0.29) is 5.75 Å². The summed E-state index contributed by atoms with van der Waals surface area (Å²) < 4.78 is 0. The number of aryl methyl sites for hydroxylation is 1. The third-order valence-corrected chi connectivity index (χ3v) is 2.53. The summed E-state index contributed by atoms with van der Waals surface area (Å²) in [5, 5.41) is 19.9. The molecule has 0 aliphatic rings. The number of para-hydroxylation sites is 1. The van der Waals surface area contributed by atoms with Crippen LogP contribution in [0.25, 0.3) is 0 Å². The van der Waals surface area contributed by atoms with Crippen molar-refractivity contribution in [1.29, 1.82) is 0 Å². The van der Waals surface area contributed by atoms with Crippen LogP contribution in [-0.2, 0) is 0 Å². The van der Waals surface area contributed by atoms with Gasteiger partial charge in [0.1, 0.15) is 11.9 Å². The first-order valence-corrected chi connectivity index (χ1v) is 5.07. The molecule has 16 heavy (non-hydrogen) atoms. The van der Waals surface area contributed by atoms with Gasteiger partial charge in [-0.1, -0.05) is 24.3 Å². The molecule has 1 aromatic carbocycles. The van der Waals surface area contributed by atoms with Gasteiger partial charge in [0.2, 0.25) is 0 Å². The predicted octanol–water partition coefficient (Wildman–Crippen LogP) is 2.18. The molecule has 82 valence electrons. The number of aromatic nitrogens is 1. The van der Waals surface area contributed by atoms with Crippen LogP contribution in [0.15, 0.2) is 42.6 Å². The van der Waals surface area contributed by atoms with E-state index in [1.165, 1.54) is 0 Å². The molecule has 2 N–H and O–H groups in total. The molecule has 3 nitrogen and oxygen atoms in total. The molecule has 1 aromatic heterocycles. The summed E-state index contributed by atoms with van der Waals surface area (Å²) >= 11 is 0. The Labute approximate surface area is 94.0 Å². The number of aromatic hydroxyl groups is 1. The van der Waals surface area contributed by atoms with Gasteiger partial charge >= 0.3 is 0 Å². The molecule has 0 radical (unpaired) electrons. The number of hydrogen-bond donors (Lipinski definition) is 2. The maximum atomic E-state index is 10.1. The molecule has 1 atom stereocenters. The molecule has 1 heterocycles. The van der Waals surface area contributed by atoms with Crippen molar-refractivity contribution in [2.45, 2.75) is 13.0 Å². The van der Waals surface area contributed by atoms with Crippen LogP contribution in [0.1, 0.15) is 22.9 Å². The number of hydrogen-bond acceptors (Lipinski definition) is 3. The molecular weight excluding hydrogens is 202 g/mol. The van der Waals surface area contributed by atoms with E-state index in [1.807, 2.05) is 0 Å². The summed E-state index contributed by atoms with van der Waals surface area (Å²) in [7, 11) is 0. The van der Waals surface area contributed by atoms with Gasteiger partial charge in [0.15, 0.2) is 0 Å². The van der Waals surface area contributed by atoms with E-state index >= 15 is 0 Å². The zero-order chi connectivity index (χ0) is 11.5. The van der Waals surface area contributed by atoms with E-state index in [2.05, 4.69) is 4.98 Å². The van der Waals surface area contributed by atoms with E-state index in [9.17, 15) is 10.2 Å². The van der Waals surface area contributed by atoms with Crippen LogP contribution in [0, 0.1) is 6.92 Å². The van der Waals surface area contributed by atoms with E-state index < -0.39 is 6.10 Å². The number of phenols is 1. The van der Waals surface area contributed by atoms with Gasteiger partial charge in [-0.3, -0.25) is 4.98 Å². The molecule has 0 spiro atoms. The van der Waals surface area contributed by atoms with Gasteiger partial charge < -0.3 is 10.2 Å². The number of rotatable bonds is 2. The second-order valence-corrected chi connectivity index (χ2v) is 3.67. The monoisotopic (exact) mass is 215 g/mol. The summed E-state index contributed by atoms with van der Waals surface area (Å²) in [6, 6.07) is 10.6. The summed E-state index contributed by atoms with van der Waals surface area (Å²) in [6.07, 6.45) is 0.729. The molecule has 0 aliphatic carbocycles. The Hall–Kier alpha value is -1.87. The number of pyridine rings is 1. The van der Waals surface area contributed by atoms with Gasteiger partial charge in [-0.05, 0) is 24.6 Å². The van der Waals surface area contributed by atoms with Gasteiger partial charge in [0.05, 0.1) is 5.69 Å². The Morgan fingerprint density at radius 3 is 2.62 bits per heavy atom. The third-order valence-electron chi connectivity index (χ3n) is 2.53. The lowest BCUT2D eigenvalue weighted by Gasteiger charge is -2.13. The first-order chi connectivity index (χ1) is 7.70. The molecule has 0 unspecified atom stereocenters. The van der Waals surface area contributed by atoms with Crippen LogP contribution < -0.4 is 0 Å². The summed E-state index contributed by atoms with van der Waals surface area (Å²) in [4.78, 5) is 4.06. The quantitative estimate of drug-likeness (QED) is 0.807. The van der Waals surface area contributed by atoms with Crippen molar-refractivity contribution in [3.8, 4) is 5.75 Å².